The summed E-state index contributed by atoms with van der Waals surface area (Å²) >= 11 is 0. The number of aromatic nitrogens is 1. The molecular weight excluding hydrogens is 340 g/mol. The van der Waals surface area contributed by atoms with Gasteiger partial charge in [0.15, 0.2) is 0 Å². The van der Waals surface area contributed by atoms with E-state index in [-0.39, 0.29) is 17.4 Å². The first-order chi connectivity index (χ1) is 13.0. The van der Waals surface area contributed by atoms with Crippen LogP contribution in [0.25, 0.3) is 0 Å². The molecule has 0 saturated carbocycles. The third kappa shape index (κ3) is 3.21. The number of rotatable bonds is 2. The SMILES string of the molecule is Cc1ccc(C(=O)N2CCC3(C2)CN(c2cccnc2)C(=O)CN3C)cc1. The van der Waals surface area contributed by atoms with E-state index in [1.54, 1.807) is 12.4 Å². The Morgan fingerprint density at radius 1 is 1.15 bits per heavy atom. The number of hydrogen-bond donors (Lipinski definition) is 0. The molecule has 2 amide bonds. The van der Waals surface area contributed by atoms with Gasteiger partial charge in [-0.15, -0.1) is 0 Å². The summed E-state index contributed by atoms with van der Waals surface area (Å²) < 4.78 is 0. The van der Waals surface area contributed by atoms with Crippen LogP contribution in [0.1, 0.15) is 22.3 Å². The summed E-state index contributed by atoms with van der Waals surface area (Å²) in [6, 6.07) is 11.5. The van der Waals surface area contributed by atoms with Crippen LogP contribution in [-0.4, -0.2) is 65.4 Å². The molecule has 6 nitrogen and oxygen atoms in total. The highest BCUT2D eigenvalue weighted by atomic mass is 16.2. The number of likely N-dealkylation sites (tertiary alicyclic amines) is 1. The Bertz CT molecular complexity index is 852. The topological polar surface area (TPSA) is 56.8 Å². The van der Waals surface area contributed by atoms with Gasteiger partial charge in [0.1, 0.15) is 0 Å². The molecule has 2 fully saturated rings. The smallest absolute Gasteiger partial charge is 0.253 e. The van der Waals surface area contributed by atoms with Gasteiger partial charge in [0.25, 0.3) is 5.91 Å². The largest absolute Gasteiger partial charge is 0.337 e. The Hall–Kier alpha value is -2.73. The minimum atomic E-state index is -0.218. The molecule has 140 valence electrons. The van der Waals surface area contributed by atoms with E-state index >= 15 is 0 Å². The van der Waals surface area contributed by atoms with Crippen molar-refractivity contribution < 1.29 is 9.59 Å². The van der Waals surface area contributed by atoms with Crippen LogP contribution >= 0.6 is 0 Å². The number of pyridine rings is 1. The fraction of sp³-hybridized carbons (Fsp3) is 0.381. The Morgan fingerprint density at radius 3 is 2.63 bits per heavy atom. The molecule has 0 N–H and O–H groups in total. The quantitative estimate of drug-likeness (QED) is 0.817. The zero-order chi connectivity index (χ0) is 19.0. The van der Waals surface area contributed by atoms with Crippen molar-refractivity contribution in [3.05, 3.63) is 59.9 Å². The summed E-state index contributed by atoms with van der Waals surface area (Å²) in [6.07, 6.45) is 4.28. The van der Waals surface area contributed by atoms with E-state index in [0.29, 0.717) is 26.2 Å². The molecule has 27 heavy (non-hydrogen) atoms. The number of piperazine rings is 1. The molecule has 2 saturated heterocycles. The van der Waals surface area contributed by atoms with Gasteiger partial charge in [-0.25, -0.2) is 0 Å². The van der Waals surface area contributed by atoms with Crippen molar-refractivity contribution in [2.75, 3.05) is 38.1 Å². The number of likely N-dealkylation sites (N-methyl/N-ethyl adjacent to an activating group) is 1. The van der Waals surface area contributed by atoms with E-state index in [2.05, 4.69) is 9.88 Å². The number of anilines is 1. The van der Waals surface area contributed by atoms with E-state index in [4.69, 9.17) is 0 Å². The standard InChI is InChI=1S/C21H24N4O2/c1-16-5-7-17(8-6-16)20(27)24-11-9-21(14-24)15-25(19(26)13-23(21)2)18-4-3-10-22-12-18/h3-8,10,12H,9,11,13-15H2,1-2H3. The molecule has 2 aromatic rings. The van der Waals surface area contributed by atoms with Crippen LogP contribution < -0.4 is 4.90 Å². The lowest BCUT2D eigenvalue weighted by Crippen LogP contribution is -2.64. The maximum atomic E-state index is 12.9. The van der Waals surface area contributed by atoms with Gasteiger partial charge in [0, 0.05) is 31.4 Å². The molecule has 2 aliphatic rings. The number of hydrogen-bond acceptors (Lipinski definition) is 4. The second kappa shape index (κ2) is 6.78. The molecular formula is C21H24N4O2. The predicted octanol–water partition coefficient (Wildman–Crippen LogP) is 1.95. The molecule has 4 rings (SSSR count). The maximum absolute atomic E-state index is 12.9. The summed E-state index contributed by atoms with van der Waals surface area (Å²) in [5, 5.41) is 0. The molecule has 0 radical (unpaired) electrons. The lowest BCUT2D eigenvalue weighted by molar-refractivity contribution is -0.123. The van der Waals surface area contributed by atoms with Crippen molar-refractivity contribution in [2.24, 2.45) is 0 Å². The Balaban J connectivity index is 1.55. The molecule has 1 atom stereocenters. The van der Waals surface area contributed by atoms with Gasteiger partial charge in [0.2, 0.25) is 5.91 Å². The summed E-state index contributed by atoms with van der Waals surface area (Å²) in [5.74, 6) is 0.129. The molecule has 1 unspecified atom stereocenters. The first-order valence-corrected chi connectivity index (χ1v) is 9.26. The van der Waals surface area contributed by atoms with Gasteiger partial charge in [-0.3, -0.25) is 19.5 Å². The van der Waals surface area contributed by atoms with Gasteiger partial charge >= 0.3 is 0 Å². The third-order valence-corrected chi connectivity index (χ3v) is 5.81. The molecule has 1 spiro atoms. The van der Waals surface area contributed by atoms with Gasteiger partial charge in [-0.1, -0.05) is 17.7 Å². The van der Waals surface area contributed by atoms with Crippen molar-refractivity contribution in [3.63, 3.8) is 0 Å². The highest BCUT2D eigenvalue weighted by Gasteiger charge is 2.48. The lowest BCUT2D eigenvalue weighted by Gasteiger charge is -2.46. The summed E-state index contributed by atoms with van der Waals surface area (Å²) in [6.45, 7) is 4.26. The molecule has 2 aliphatic heterocycles. The number of amides is 2. The van der Waals surface area contributed by atoms with Crippen LogP contribution in [0.5, 0.6) is 0 Å². The van der Waals surface area contributed by atoms with Crippen LogP contribution in [-0.2, 0) is 4.79 Å². The van der Waals surface area contributed by atoms with Crippen LogP contribution in [0.4, 0.5) is 5.69 Å². The number of aryl methyl sites for hydroxylation is 1. The van der Waals surface area contributed by atoms with Crippen LogP contribution in [0, 0.1) is 6.92 Å². The molecule has 6 heteroatoms. The van der Waals surface area contributed by atoms with Crippen LogP contribution in [0.2, 0.25) is 0 Å². The van der Waals surface area contributed by atoms with Crippen molar-refractivity contribution in [1.29, 1.82) is 0 Å². The fourth-order valence-corrected chi connectivity index (χ4v) is 4.06. The van der Waals surface area contributed by atoms with Crippen molar-refractivity contribution >= 4 is 17.5 Å². The average Bonchev–Trinajstić information content (AvgIpc) is 3.11. The Morgan fingerprint density at radius 2 is 1.93 bits per heavy atom. The summed E-state index contributed by atoms with van der Waals surface area (Å²) in [7, 11) is 1.98. The first-order valence-electron chi connectivity index (χ1n) is 9.26. The highest BCUT2D eigenvalue weighted by Crippen LogP contribution is 2.33. The van der Waals surface area contributed by atoms with Gasteiger partial charge in [0.05, 0.1) is 24.0 Å². The second-order valence-electron chi connectivity index (χ2n) is 7.61. The van der Waals surface area contributed by atoms with E-state index in [9.17, 15) is 9.59 Å². The average molecular weight is 364 g/mol. The molecule has 3 heterocycles. The summed E-state index contributed by atoms with van der Waals surface area (Å²) in [4.78, 5) is 35.5. The number of carbonyl (C=O) groups is 2. The highest BCUT2D eigenvalue weighted by molar-refractivity contribution is 5.96. The number of carbonyl (C=O) groups excluding carboxylic acids is 2. The summed E-state index contributed by atoms with van der Waals surface area (Å²) in [5.41, 5.74) is 2.46. The molecule has 1 aromatic heterocycles. The maximum Gasteiger partial charge on any atom is 0.253 e. The van der Waals surface area contributed by atoms with Gasteiger partial charge in [-0.05, 0) is 44.7 Å². The molecule has 0 bridgehead atoms. The third-order valence-electron chi connectivity index (χ3n) is 5.81. The molecule has 1 aromatic carbocycles. The van der Waals surface area contributed by atoms with Gasteiger partial charge in [-0.2, -0.15) is 0 Å². The molecule has 0 aliphatic carbocycles. The zero-order valence-corrected chi connectivity index (χ0v) is 15.8. The number of benzene rings is 1. The van der Waals surface area contributed by atoms with Crippen LogP contribution in [0.3, 0.4) is 0 Å². The van der Waals surface area contributed by atoms with Crippen molar-refractivity contribution in [1.82, 2.24) is 14.8 Å². The fourth-order valence-electron chi connectivity index (χ4n) is 4.06. The Kier molecular flexibility index (Phi) is 4.44. The normalized spacial score (nSPS) is 23.3. The van der Waals surface area contributed by atoms with Gasteiger partial charge < -0.3 is 9.80 Å². The van der Waals surface area contributed by atoms with Crippen molar-refractivity contribution in [2.45, 2.75) is 18.9 Å². The first kappa shape index (κ1) is 17.7. The van der Waals surface area contributed by atoms with E-state index in [1.807, 2.05) is 60.2 Å². The lowest BCUT2D eigenvalue weighted by atomic mass is 9.92. The number of nitrogens with zero attached hydrogens (tertiary/aromatic N) is 4. The van der Waals surface area contributed by atoms with E-state index in [1.165, 1.54) is 0 Å². The van der Waals surface area contributed by atoms with E-state index in [0.717, 1.165) is 23.2 Å². The van der Waals surface area contributed by atoms with Crippen molar-refractivity contribution in [3.8, 4) is 0 Å². The minimum Gasteiger partial charge on any atom is -0.337 e. The van der Waals surface area contributed by atoms with Crippen LogP contribution in [0.15, 0.2) is 48.8 Å². The Labute approximate surface area is 159 Å². The monoisotopic (exact) mass is 364 g/mol. The second-order valence-corrected chi connectivity index (χ2v) is 7.61. The van der Waals surface area contributed by atoms with E-state index < -0.39 is 0 Å². The predicted molar refractivity (Wildman–Crippen MR) is 104 cm³/mol. The zero-order valence-electron chi connectivity index (χ0n) is 15.8. The minimum absolute atomic E-state index is 0.0603.